The van der Waals surface area contributed by atoms with E-state index in [2.05, 4.69) is 20.7 Å². The topological polar surface area (TPSA) is 46.2 Å². The summed E-state index contributed by atoms with van der Waals surface area (Å²) >= 11 is 5.03. The van der Waals surface area contributed by atoms with Gasteiger partial charge >= 0.3 is 0 Å². The van der Waals surface area contributed by atoms with Gasteiger partial charge in [-0.1, -0.05) is 18.6 Å². The molecule has 1 aromatic carbocycles. The fourth-order valence-electron chi connectivity index (χ4n) is 2.27. The minimum atomic E-state index is -3.43. The fourth-order valence-corrected chi connectivity index (χ4v) is 5.60. The maximum Gasteiger partial charge on any atom is 0.241 e. The average molecular weight is 350 g/mol. The molecule has 0 radical (unpaired) electrons. The quantitative estimate of drug-likeness (QED) is 0.908. The second-order valence-corrected chi connectivity index (χ2v) is 7.98. The molecule has 0 bridgehead atoms. The van der Waals surface area contributed by atoms with E-state index in [1.165, 1.54) is 0 Å². The van der Waals surface area contributed by atoms with Crippen molar-refractivity contribution >= 4 is 37.7 Å². The lowest BCUT2D eigenvalue weighted by Crippen LogP contribution is -2.38. The Morgan fingerprint density at radius 3 is 2.72 bits per heavy atom. The lowest BCUT2D eigenvalue weighted by atomic mass is 10.3. The third-order valence-corrected chi connectivity index (χ3v) is 6.86. The molecule has 0 amide bonds. The summed E-state index contributed by atoms with van der Waals surface area (Å²) in [4.78, 5) is 0.316. The van der Waals surface area contributed by atoms with E-state index in [0.717, 1.165) is 19.3 Å². The van der Waals surface area contributed by atoms with E-state index >= 15 is 0 Å². The average Bonchev–Trinajstić information content (AvgIpc) is 2.76. The standard InChI is InChI=1S/C12H16BrNO2S2/c1-17-11-7-4-6-10(11)14-18(15,16)12-8-3-2-5-9(12)13/h2-3,5,8,10-11,14H,4,6-7H2,1H3. The minimum absolute atomic E-state index is 0.0529. The molecule has 1 fully saturated rings. The van der Waals surface area contributed by atoms with Crippen molar-refractivity contribution in [3.05, 3.63) is 28.7 Å². The highest BCUT2D eigenvalue weighted by atomic mass is 79.9. The highest BCUT2D eigenvalue weighted by Crippen LogP contribution is 2.30. The molecule has 6 heteroatoms. The van der Waals surface area contributed by atoms with Gasteiger partial charge in [-0.05, 0) is 47.2 Å². The van der Waals surface area contributed by atoms with Crippen LogP contribution in [0.25, 0.3) is 0 Å². The van der Waals surface area contributed by atoms with Gasteiger partial charge in [-0.15, -0.1) is 0 Å². The van der Waals surface area contributed by atoms with Crippen LogP contribution in [0, 0.1) is 0 Å². The molecule has 18 heavy (non-hydrogen) atoms. The number of rotatable bonds is 4. The van der Waals surface area contributed by atoms with Crippen molar-refractivity contribution in [3.63, 3.8) is 0 Å². The van der Waals surface area contributed by atoms with Gasteiger partial charge in [0.05, 0.1) is 4.90 Å². The zero-order chi connectivity index (χ0) is 13.2. The van der Waals surface area contributed by atoms with E-state index < -0.39 is 10.0 Å². The van der Waals surface area contributed by atoms with Crippen LogP contribution in [0.15, 0.2) is 33.6 Å². The zero-order valence-electron chi connectivity index (χ0n) is 10.1. The van der Waals surface area contributed by atoms with Crippen LogP contribution in [0.2, 0.25) is 0 Å². The molecule has 0 saturated heterocycles. The summed E-state index contributed by atoms with van der Waals surface area (Å²) in [5, 5.41) is 0.391. The minimum Gasteiger partial charge on any atom is -0.207 e. The second-order valence-electron chi connectivity index (χ2n) is 4.36. The first-order chi connectivity index (χ1) is 8.54. The molecule has 1 N–H and O–H groups in total. The van der Waals surface area contributed by atoms with Gasteiger partial charge in [-0.3, -0.25) is 0 Å². The van der Waals surface area contributed by atoms with Gasteiger partial charge in [0, 0.05) is 15.8 Å². The lowest BCUT2D eigenvalue weighted by Gasteiger charge is -2.19. The second kappa shape index (κ2) is 5.94. The van der Waals surface area contributed by atoms with E-state index in [1.54, 1.807) is 30.0 Å². The van der Waals surface area contributed by atoms with E-state index in [9.17, 15) is 8.42 Å². The summed E-state index contributed by atoms with van der Waals surface area (Å²) < 4.78 is 28.1. The molecule has 0 aromatic heterocycles. The van der Waals surface area contributed by atoms with E-state index in [0.29, 0.717) is 14.6 Å². The van der Waals surface area contributed by atoms with Crippen molar-refractivity contribution in [1.82, 2.24) is 4.72 Å². The van der Waals surface area contributed by atoms with Crippen LogP contribution in [-0.4, -0.2) is 26.0 Å². The van der Waals surface area contributed by atoms with Crippen molar-refractivity contribution in [3.8, 4) is 0 Å². The number of nitrogens with one attached hydrogen (secondary N) is 1. The molecule has 1 aromatic rings. The SMILES string of the molecule is CSC1CCCC1NS(=O)(=O)c1ccccc1Br. The molecular formula is C12H16BrNO2S2. The molecule has 0 heterocycles. The van der Waals surface area contributed by atoms with Gasteiger partial charge in [0.2, 0.25) is 10.0 Å². The predicted octanol–water partition coefficient (Wildman–Crippen LogP) is 3.01. The Morgan fingerprint density at radius 1 is 1.33 bits per heavy atom. The van der Waals surface area contributed by atoms with Crippen LogP contribution in [-0.2, 0) is 10.0 Å². The largest absolute Gasteiger partial charge is 0.241 e. The summed E-state index contributed by atoms with van der Waals surface area (Å²) in [5.74, 6) is 0. The van der Waals surface area contributed by atoms with Crippen LogP contribution in [0.3, 0.4) is 0 Å². The van der Waals surface area contributed by atoms with Crippen molar-refractivity contribution in [2.24, 2.45) is 0 Å². The molecule has 0 spiro atoms. The Bertz CT molecular complexity index is 519. The van der Waals surface area contributed by atoms with Gasteiger partial charge in [0.1, 0.15) is 0 Å². The molecule has 1 aliphatic carbocycles. The third kappa shape index (κ3) is 3.10. The number of hydrogen-bond acceptors (Lipinski definition) is 3. The zero-order valence-corrected chi connectivity index (χ0v) is 13.3. The monoisotopic (exact) mass is 349 g/mol. The predicted molar refractivity (Wildman–Crippen MR) is 79.4 cm³/mol. The highest BCUT2D eigenvalue weighted by Gasteiger charge is 2.31. The number of halogens is 1. The Hall–Kier alpha value is -0.0400. The molecule has 2 rings (SSSR count). The number of sulfonamides is 1. The first-order valence-corrected chi connectivity index (χ1v) is 9.40. The molecular weight excluding hydrogens is 334 g/mol. The fraction of sp³-hybridized carbons (Fsp3) is 0.500. The van der Waals surface area contributed by atoms with Crippen LogP contribution in [0.1, 0.15) is 19.3 Å². The molecule has 2 atom stereocenters. The van der Waals surface area contributed by atoms with Crippen molar-refractivity contribution in [1.29, 1.82) is 0 Å². The Labute approximate surface area is 121 Å². The normalized spacial score (nSPS) is 24.3. The molecule has 100 valence electrons. The van der Waals surface area contributed by atoms with Crippen molar-refractivity contribution in [2.45, 2.75) is 35.4 Å². The van der Waals surface area contributed by atoms with Gasteiger partial charge in [0.15, 0.2) is 0 Å². The molecule has 2 unspecified atom stereocenters. The number of benzene rings is 1. The lowest BCUT2D eigenvalue weighted by molar-refractivity contribution is 0.555. The maximum absolute atomic E-state index is 12.3. The first-order valence-electron chi connectivity index (χ1n) is 5.84. The molecule has 3 nitrogen and oxygen atoms in total. The van der Waals surface area contributed by atoms with Crippen LogP contribution < -0.4 is 4.72 Å². The summed E-state index contributed by atoms with van der Waals surface area (Å²) in [5.41, 5.74) is 0. The summed E-state index contributed by atoms with van der Waals surface area (Å²) in [6, 6.07) is 6.96. The van der Waals surface area contributed by atoms with Crippen LogP contribution in [0.5, 0.6) is 0 Å². The smallest absolute Gasteiger partial charge is 0.207 e. The summed E-state index contributed by atoms with van der Waals surface area (Å²) in [6.45, 7) is 0. The third-order valence-electron chi connectivity index (χ3n) is 3.19. The molecule has 1 saturated carbocycles. The highest BCUT2D eigenvalue weighted by molar-refractivity contribution is 9.10. The molecule has 1 aliphatic rings. The first kappa shape index (κ1) is 14.4. The Balaban J connectivity index is 2.20. The maximum atomic E-state index is 12.3. The van der Waals surface area contributed by atoms with Gasteiger partial charge in [0.25, 0.3) is 0 Å². The summed E-state index contributed by atoms with van der Waals surface area (Å²) in [6.07, 6.45) is 5.14. The number of thioether (sulfide) groups is 1. The Kier molecular flexibility index (Phi) is 4.75. The van der Waals surface area contributed by atoms with Gasteiger partial charge in [-0.2, -0.15) is 11.8 Å². The van der Waals surface area contributed by atoms with Gasteiger partial charge < -0.3 is 0 Å². The van der Waals surface area contributed by atoms with Crippen LogP contribution in [0.4, 0.5) is 0 Å². The molecule has 0 aliphatic heterocycles. The van der Waals surface area contributed by atoms with Crippen LogP contribution >= 0.6 is 27.7 Å². The van der Waals surface area contributed by atoms with E-state index in [1.807, 2.05) is 12.3 Å². The number of hydrogen-bond donors (Lipinski definition) is 1. The Morgan fingerprint density at radius 2 is 2.06 bits per heavy atom. The van der Waals surface area contributed by atoms with E-state index in [-0.39, 0.29) is 6.04 Å². The van der Waals surface area contributed by atoms with Crippen molar-refractivity contribution < 1.29 is 8.42 Å². The van der Waals surface area contributed by atoms with Crippen molar-refractivity contribution in [2.75, 3.05) is 6.26 Å². The summed E-state index contributed by atoms with van der Waals surface area (Å²) in [7, 11) is -3.43. The van der Waals surface area contributed by atoms with Gasteiger partial charge in [-0.25, -0.2) is 13.1 Å². The van der Waals surface area contributed by atoms with E-state index in [4.69, 9.17) is 0 Å².